The van der Waals surface area contributed by atoms with E-state index in [0.29, 0.717) is 37.6 Å². The number of hydrogen-bond donors (Lipinski definition) is 1. The molecular formula is C15H16F2N4O. The molecule has 22 heavy (non-hydrogen) atoms. The molecule has 3 rings (SSSR count). The topological polar surface area (TPSA) is 52.2 Å². The van der Waals surface area contributed by atoms with Gasteiger partial charge in [0, 0.05) is 44.1 Å². The Bertz CT molecular complexity index is 660. The van der Waals surface area contributed by atoms with Gasteiger partial charge in [-0.25, -0.2) is 8.78 Å². The second-order valence-electron chi connectivity index (χ2n) is 5.20. The molecule has 2 aromatic rings. The van der Waals surface area contributed by atoms with Crippen molar-refractivity contribution in [2.45, 2.75) is 6.42 Å². The van der Waals surface area contributed by atoms with Gasteiger partial charge in [0.05, 0.1) is 0 Å². The lowest BCUT2D eigenvalue weighted by atomic mass is 10.2. The van der Waals surface area contributed by atoms with Crippen molar-refractivity contribution in [3.05, 3.63) is 47.8 Å². The fraction of sp³-hybridized carbons (Fsp3) is 0.333. The molecule has 0 radical (unpaired) electrons. The molecule has 5 nitrogen and oxygen atoms in total. The standard InChI is InChI=1S/C15H16F2N4O/c16-12-3-2-11(10-13(12)17)20-6-1-7-21(9-8-20)15(22)14-4-5-18-19-14/h2-5,10H,1,6-9H2,(H,18,19). The van der Waals surface area contributed by atoms with E-state index in [0.717, 1.165) is 12.5 Å². The van der Waals surface area contributed by atoms with Crippen LogP contribution in [0.1, 0.15) is 16.9 Å². The van der Waals surface area contributed by atoms with E-state index in [1.165, 1.54) is 6.07 Å². The number of benzene rings is 1. The zero-order valence-corrected chi connectivity index (χ0v) is 11.9. The van der Waals surface area contributed by atoms with Crippen LogP contribution in [-0.4, -0.2) is 47.2 Å². The van der Waals surface area contributed by atoms with Gasteiger partial charge in [0.25, 0.3) is 5.91 Å². The van der Waals surface area contributed by atoms with Gasteiger partial charge in [-0.05, 0) is 24.6 Å². The van der Waals surface area contributed by atoms with E-state index in [1.807, 2.05) is 4.90 Å². The summed E-state index contributed by atoms with van der Waals surface area (Å²) in [5.74, 6) is -1.80. The molecule has 1 aliphatic heterocycles. The van der Waals surface area contributed by atoms with Gasteiger partial charge in [-0.1, -0.05) is 0 Å². The van der Waals surface area contributed by atoms with Gasteiger partial charge in [-0.2, -0.15) is 5.10 Å². The Kier molecular flexibility index (Phi) is 4.04. The second kappa shape index (κ2) is 6.13. The van der Waals surface area contributed by atoms with E-state index >= 15 is 0 Å². The van der Waals surface area contributed by atoms with Crippen LogP contribution in [0.2, 0.25) is 0 Å². The summed E-state index contributed by atoms with van der Waals surface area (Å²) in [7, 11) is 0. The minimum atomic E-state index is -0.855. The smallest absolute Gasteiger partial charge is 0.271 e. The Balaban J connectivity index is 1.69. The van der Waals surface area contributed by atoms with Crippen molar-refractivity contribution in [3.63, 3.8) is 0 Å². The zero-order chi connectivity index (χ0) is 15.5. The van der Waals surface area contributed by atoms with Crippen LogP contribution in [0.5, 0.6) is 0 Å². The number of halogens is 2. The normalized spacial score (nSPS) is 15.7. The zero-order valence-electron chi connectivity index (χ0n) is 11.9. The number of H-pyrrole nitrogens is 1. The van der Waals surface area contributed by atoms with Crippen LogP contribution >= 0.6 is 0 Å². The van der Waals surface area contributed by atoms with Crippen molar-refractivity contribution in [1.82, 2.24) is 15.1 Å². The van der Waals surface area contributed by atoms with E-state index in [4.69, 9.17) is 0 Å². The van der Waals surface area contributed by atoms with Crippen molar-refractivity contribution < 1.29 is 13.6 Å². The van der Waals surface area contributed by atoms with Gasteiger partial charge in [-0.3, -0.25) is 9.89 Å². The maximum atomic E-state index is 13.3. The monoisotopic (exact) mass is 306 g/mol. The van der Waals surface area contributed by atoms with E-state index in [1.54, 1.807) is 23.2 Å². The summed E-state index contributed by atoms with van der Waals surface area (Å²) in [6.07, 6.45) is 2.30. The van der Waals surface area contributed by atoms with Crippen LogP contribution in [0.15, 0.2) is 30.5 Å². The van der Waals surface area contributed by atoms with Crippen molar-refractivity contribution >= 4 is 11.6 Å². The summed E-state index contributed by atoms with van der Waals surface area (Å²) in [5, 5.41) is 6.45. The average Bonchev–Trinajstić information content (AvgIpc) is 2.94. The Hall–Kier alpha value is -2.44. The minimum absolute atomic E-state index is 0.0929. The summed E-state index contributed by atoms with van der Waals surface area (Å²) in [5.41, 5.74) is 1.09. The highest BCUT2D eigenvalue weighted by atomic mass is 19.2. The van der Waals surface area contributed by atoms with E-state index in [9.17, 15) is 13.6 Å². The number of carbonyl (C=O) groups is 1. The number of amides is 1. The van der Waals surface area contributed by atoms with Crippen LogP contribution in [0.4, 0.5) is 14.5 Å². The molecule has 0 saturated carbocycles. The van der Waals surface area contributed by atoms with Gasteiger partial charge < -0.3 is 9.80 Å². The van der Waals surface area contributed by atoms with Crippen molar-refractivity contribution in [3.8, 4) is 0 Å². The van der Waals surface area contributed by atoms with Crippen LogP contribution in [0, 0.1) is 11.6 Å². The molecule has 1 aliphatic rings. The van der Waals surface area contributed by atoms with Crippen molar-refractivity contribution in [2.24, 2.45) is 0 Å². The number of anilines is 1. The molecule has 1 aromatic carbocycles. The lowest BCUT2D eigenvalue weighted by Crippen LogP contribution is -2.35. The third-order valence-corrected chi connectivity index (χ3v) is 3.78. The molecule has 0 bridgehead atoms. The Labute approximate surface area is 126 Å². The van der Waals surface area contributed by atoms with E-state index in [-0.39, 0.29) is 5.91 Å². The molecule has 1 aromatic heterocycles. The maximum Gasteiger partial charge on any atom is 0.271 e. The number of aromatic nitrogens is 2. The van der Waals surface area contributed by atoms with Crippen LogP contribution in [0.3, 0.4) is 0 Å². The van der Waals surface area contributed by atoms with Crippen LogP contribution in [-0.2, 0) is 0 Å². The fourth-order valence-corrected chi connectivity index (χ4v) is 2.61. The van der Waals surface area contributed by atoms with Gasteiger partial charge in [0.15, 0.2) is 11.6 Å². The van der Waals surface area contributed by atoms with Gasteiger partial charge >= 0.3 is 0 Å². The summed E-state index contributed by atoms with van der Waals surface area (Å²) >= 11 is 0. The minimum Gasteiger partial charge on any atom is -0.370 e. The molecule has 1 fully saturated rings. The van der Waals surface area contributed by atoms with Crippen LogP contribution in [0.25, 0.3) is 0 Å². The molecule has 1 saturated heterocycles. The van der Waals surface area contributed by atoms with Gasteiger partial charge in [0.2, 0.25) is 0 Å². The predicted molar refractivity (Wildman–Crippen MR) is 77.7 cm³/mol. The number of rotatable bonds is 2. The molecule has 0 unspecified atom stereocenters. The first-order chi connectivity index (χ1) is 10.6. The SMILES string of the molecule is O=C(c1ccn[nH]1)N1CCCN(c2ccc(F)c(F)c2)CC1. The number of nitrogens with zero attached hydrogens (tertiary/aromatic N) is 3. The molecular weight excluding hydrogens is 290 g/mol. The lowest BCUT2D eigenvalue weighted by Gasteiger charge is -2.23. The highest BCUT2D eigenvalue weighted by Gasteiger charge is 2.21. The Morgan fingerprint density at radius 1 is 1.09 bits per heavy atom. The third-order valence-electron chi connectivity index (χ3n) is 3.78. The summed E-state index contributed by atoms with van der Waals surface area (Å²) in [6.45, 7) is 2.41. The van der Waals surface area contributed by atoms with Crippen molar-refractivity contribution in [2.75, 3.05) is 31.1 Å². The van der Waals surface area contributed by atoms with Crippen molar-refractivity contribution in [1.29, 1.82) is 0 Å². The summed E-state index contributed by atoms with van der Waals surface area (Å²) in [4.78, 5) is 16.0. The predicted octanol–water partition coefficient (Wildman–Crippen LogP) is 2.04. The molecule has 0 aliphatic carbocycles. The van der Waals surface area contributed by atoms with Gasteiger partial charge in [-0.15, -0.1) is 0 Å². The first-order valence-electron chi connectivity index (χ1n) is 7.14. The number of aromatic amines is 1. The number of nitrogens with one attached hydrogen (secondary N) is 1. The lowest BCUT2D eigenvalue weighted by molar-refractivity contribution is 0.0761. The first kappa shape index (κ1) is 14.5. The third kappa shape index (κ3) is 2.93. The summed E-state index contributed by atoms with van der Waals surface area (Å²) < 4.78 is 26.4. The fourth-order valence-electron chi connectivity index (χ4n) is 2.61. The number of hydrogen-bond acceptors (Lipinski definition) is 3. The van der Waals surface area contributed by atoms with Crippen LogP contribution < -0.4 is 4.90 Å². The molecule has 2 heterocycles. The van der Waals surface area contributed by atoms with E-state index < -0.39 is 11.6 Å². The molecule has 1 N–H and O–H groups in total. The molecule has 7 heteroatoms. The van der Waals surface area contributed by atoms with E-state index in [2.05, 4.69) is 10.2 Å². The first-order valence-corrected chi connectivity index (χ1v) is 7.14. The average molecular weight is 306 g/mol. The number of carbonyl (C=O) groups excluding carboxylic acids is 1. The van der Waals surface area contributed by atoms with Gasteiger partial charge in [0.1, 0.15) is 5.69 Å². The molecule has 0 spiro atoms. The highest BCUT2D eigenvalue weighted by molar-refractivity contribution is 5.92. The Morgan fingerprint density at radius 2 is 1.95 bits per heavy atom. The molecule has 0 atom stereocenters. The largest absolute Gasteiger partial charge is 0.370 e. The quantitative estimate of drug-likeness (QED) is 0.924. The molecule has 1 amide bonds. The Morgan fingerprint density at radius 3 is 2.68 bits per heavy atom. The molecule has 116 valence electrons. The maximum absolute atomic E-state index is 13.3. The highest BCUT2D eigenvalue weighted by Crippen LogP contribution is 2.20. The second-order valence-corrected chi connectivity index (χ2v) is 5.20. The summed E-state index contributed by atoms with van der Waals surface area (Å²) in [6, 6.07) is 5.52.